The van der Waals surface area contributed by atoms with E-state index in [1.807, 2.05) is 12.1 Å². The van der Waals surface area contributed by atoms with E-state index in [0.717, 1.165) is 5.56 Å². The molecule has 3 aromatic rings. The summed E-state index contributed by atoms with van der Waals surface area (Å²) in [4.78, 5) is 10.9. The highest BCUT2D eigenvalue weighted by Gasteiger charge is 2.08. The predicted octanol–water partition coefficient (Wildman–Crippen LogP) is 4.73. The summed E-state index contributed by atoms with van der Waals surface area (Å²) in [5, 5.41) is 27.2. The van der Waals surface area contributed by atoms with E-state index in [1.165, 1.54) is 18.3 Å². The van der Waals surface area contributed by atoms with Gasteiger partial charge in [0, 0.05) is 21.8 Å². The Morgan fingerprint density at radius 2 is 1.79 bits per heavy atom. The minimum atomic E-state index is -0.998. The zero-order chi connectivity index (χ0) is 20.8. The molecule has 0 bridgehead atoms. The first-order valence-corrected chi connectivity index (χ1v) is 9.24. The number of aromatic hydroxyl groups is 1. The molecule has 146 valence electrons. The summed E-state index contributed by atoms with van der Waals surface area (Å²) < 4.78 is 0. The Morgan fingerprint density at radius 1 is 1.07 bits per heavy atom. The average Bonchev–Trinajstić information content (AvgIpc) is 2.69. The van der Waals surface area contributed by atoms with Crippen LogP contribution in [-0.2, 0) is 0 Å². The molecule has 8 heteroatoms. The molecule has 0 saturated heterocycles. The topological polar surface area (TPSA) is 94.0 Å². The van der Waals surface area contributed by atoms with E-state index in [4.69, 9.17) is 28.9 Å². The Bertz CT molecular complexity index is 1080. The highest BCUT2D eigenvalue weighted by molar-refractivity contribution is 7.80. The summed E-state index contributed by atoms with van der Waals surface area (Å²) >= 11 is 11.2. The van der Waals surface area contributed by atoms with Gasteiger partial charge in [0.1, 0.15) is 5.75 Å². The Morgan fingerprint density at radius 3 is 2.48 bits per heavy atom. The van der Waals surface area contributed by atoms with Gasteiger partial charge in [0.15, 0.2) is 5.11 Å². The van der Waals surface area contributed by atoms with Crippen molar-refractivity contribution in [2.45, 2.75) is 0 Å². The van der Waals surface area contributed by atoms with E-state index < -0.39 is 5.97 Å². The van der Waals surface area contributed by atoms with Crippen LogP contribution in [0.5, 0.6) is 5.75 Å². The number of hydrogen-bond acceptors (Lipinski definition) is 4. The molecule has 0 spiro atoms. The lowest BCUT2D eigenvalue weighted by atomic mass is 10.0. The molecule has 0 radical (unpaired) electrons. The molecule has 6 nitrogen and oxygen atoms in total. The van der Waals surface area contributed by atoms with Crippen LogP contribution in [0.2, 0.25) is 5.02 Å². The van der Waals surface area contributed by atoms with Crippen LogP contribution in [0.4, 0.5) is 5.69 Å². The Balaban J connectivity index is 1.66. The lowest BCUT2D eigenvalue weighted by Crippen LogP contribution is -2.23. The van der Waals surface area contributed by atoms with Crippen LogP contribution in [0.25, 0.3) is 11.1 Å². The highest BCUT2D eigenvalue weighted by Crippen LogP contribution is 2.32. The molecule has 0 saturated carbocycles. The van der Waals surface area contributed by atoms with Crippen LogP contribution in [-0.4, -0.2) is 27.5 Å². The number of carboxylic acid groups (broad SMARTS) is 1. The van der Waals surface area contributed by atoms with Gasteiger partial charge in [-0.05, 0) is 60.2 Å². The SMILES string of the molecule is O=C(O)c1ccc(NC(=S)NN=Cc2cccc(-c3cccc(Cl)c3)c2O)cc1. The maximum Gasteiger partial charge on any atom is 0.335 e. The lowest BCUT2D eigenvalue weighted by molar-refractivity contribution is 0.0697. The molecular formula is C21H16ClN3O3S. The third kappa shape index (κ3) is 5.31. The second kappa shape index (κ2) is 9.18. The van der Waals surface area contributed by atoms with E-state index in [-0.39, 0.29) is 16.4 Å². The Kier molecular flexibility index (Phi) is 6.43. The van der Waals surface area contributed by atoms with Crippen LogP contribution in [0, 0.1) is 0 Å². The second-order valence-electron chi connectivity index (χ2n) is 5.96. The van der Waals surface area contributed by atoms with E-state index in [9.17, 15) is 9.90 Å². The normalized spacial score (nSPS) is 10.7. The maximum atomic E-state index is 10.9. The predicted molar refractivity (Wildman–Crippen MR) is 119 cm³/mol. The van der Waals surface area contributed by atoms with Crippen molar-refractivity contribution >= 4 is 46.8 Å². The number of rotatable bonds is 5. The number of aromatic carboxylic acids is 1. The monoisotopic (exact) mass is 425 g/mol. The fraction of sp³-hybridized carbons (Fsp3) is 0. The largest absolute Gasteiger partial charge is 0.507 e. The molecule has 0 aromatic heterocycles. The van der Waals surface area contributed by atoms with Crippen LogP contribution < -0.4 is 10.7 Å². The van der Waals surface area contributed by atoms with Gasteiger partial charge < -0.3 is 15.5 Å². The third-order valence-corrected chi connectivity index (χ3v) is 4.39. The number of halogens is 1. The van der Waals surface area contributed by atoms with Crippen molar-refractivity contribution in [3.63, 3.8) is 0 Å². The van der Waals surface area contributed by atoms with Crippen molar-refractivity contribution in [1.29, 1.82) is 0 Å². The molecule has 0 atom stereocenters. The number of phenolic OH excluding ortho intramolecular Hbond substituents is 1. The zero-order valence-corrected chi connectivity index (χ0v) is 16.5. The summed E-state index contributed by atoms with van der Waals surface area (Å²) in [5.41, 5.74) is 5.39. The molecule has 0 amide bonds. The number of hydrazone groups is 1. The molecule has 3 rings (SSSR count). The van der Waals surface area contributed by atoms with Crippen LogP contribution in [0.1, 0.15) is 15.9 Å². The van der Waals surface area contributed by atoms with Crippen molar-refractivity contribution in [3.05, 3.63) is 82.9 Å². The van der Waals surface area contributed by atoms with Crippen molar-refractivity contribution in [3.8, 4) is 16.9 Å². The molecule has 0 aliphatic rings. The summed E-state index contributed by atoms with van der Waals surface area (Å²) in [6, 6.07) is 18.6. The number of benzene rings is 3. The minimum Gasteiger partial charge on any atom is -0.507 e. The minimum absolute atomic E-state index is 0.0726. The van der Waals surface area contributed by atoms with Gasteiger partial charge in [0.05, 0.1) is 11.8 Å². The number of thiocarbonyl (C=S) groups is 1. The van der Waals surface area contributed by atoms with E-state index in [1.54, 1.807) is 42.5 Å². The summed E-state index contributed by atoms with van der Waals surface area (Å²) in [6.07, 6.45) is 1.45. The molecule has 3 aromatic carbocycles. The summed E-state index contributed by atoms with van der Waals surface area (Å²) in [5.74, 6) is -0.926. The van der Waals surface area contributed by atoms with Gasteiger partial charge >= 0.3 is 5.97 Å². The molecule has 0 unspecified atom stereocenters. The van der Waals surface area contributed by atoms with Gasteiger partial charge in [-0.3, -0.25) is 5.43 Å². The average molecular weight is 426 g/mol. The number of para-hydroxylation sites is 1. The van der Waals surface area contributed by atoms with Crippen molar-refractivity contribution in [1.82, 2.24) is 5.43 Å². The molecule has 4 N–H and O–H groups in total. The van der Waals surface area contributed by atoms with Gasteiger partial charge in [0.2, 0.25) is 0 Å². The van der Waals surface area contributed by atoms with E-state index in [0.29, 0.717) is 21.8 Å². The van der Waals surface area contributed by atoms with E-state index >= 15 is 0 Å². The Labute approximate surface area is 177 Å². The molecular weight excluding hydrogens is 410 g/mol. The van der Waals surface area contributed by atoms with Gasteiger partial charge in [-0.2, -0.15) is 5.10 Å². The fourth-order valence-corrected chi connectivity index (χ4v) is 2.93. The van der Waals surface area contributed by atoms with Gasteiger partial charge in [-0.1, -0.05) is 35.9 Å². The lowest BCUT2D eigenvalue weighted by Gasteiger charge is -2.09. The number of nitrogens with zero attached hydrogens (tertiary/aromatic N) is 1. The molecule has 0 aliphatic heterocycles. The number of anilines is 1. The number of hydrogen-bond donors (Lipinski definition) is 4. The van der Waals surface area contributed by atoms with Gasteiger partial charge in [0.25, 0.3) is 0 Å². The van der Waals surface area contributed by atoms with Crippen molar-refractivity contribution < 1.29 is 15.0 Å². The van der Waals surface area contributed by atoms with Crippen LogP contribution >= 0.6 is 23.8 Å². The first-order chi connectivity index (χ1) is 13.9. The van der Waals surface area contributed by atoms with Gasteiger partial charge in [-0.15, -0.1) is 0 Å². The van der Waals surface area contributed by atoms with E-state index in [2.05, 4.69) is 15.8 Å². The second-order valence-corrected chi connectivity index (χ2v) is 6.81. The van der Waals surface area contributed by atoms with Crippen molar-refractivity contribution in [2.75, 3.05) is 5.32 Å². The smallest absolute Gasteiger partial charge is 0.335 e. The molecule has 29 heavy (non-hydrogen) atoms. The first kappa shape index (κ1) is 20.3. The van der Waals surface area contributed by atoms with Crippen LogP contribution in [0.15, 0.2) is 71.8 Å². The number of carbonyl (C=O) groups is 1. The van der Waals surface area contributed by atoms with Gasteiger partial charge in [-0.25, -0.2) is 4.79 Å². The highest BCUT2D eigenvalue weighted by atomic mass is 35.5. The fourth-order valence-electron chi connectivity index (χ4n) is 2.57. The molecule has 0 heterocycles. The summed E-state index contributed by atoms with van der Waals surface area (Å²) in [6.45, 7) is 0. The third-order valence-electron chi connectivity index (χ3n) is 3.96. The maximum absolute atomic E-state index is 10.9. The summed E-state index contributed by atoms with van der Waals surface area (Å²) in [7, 11) is 0. The zero-order valence-electron chi connectivity index (χ0n) is 15.0. The van der Waals surface area contributed by atoms with Crippen LogP contribution in [0.3, 0.4) is 0 Å². The standard InChI is InChI=1S/C21H16ClN3O3S/c22-16-5-1-3-14(11-16)18-6-2-4-15(19(18)26)12-23-25-21(29)24-17-9-7-13(8-10-17)20(27)28/h1-12,26H,(H,27,28)(H2,24,25,29). The number of phenols is 1. The molecule has 0 aliphatic carbocycles. The van der Waals surface area contributed by atoms with Crippen molar-refractivity contribution in [2.24, 2.45) is 5.10 Å². The number of nitrogens with one attached hydrogen (secondary N) is 2. The quantitative estimate of drug-likeness (QED) is 0.268. The number of carboxylic acids is 1. The first-order valence-electron chi connectivity index (χ1n) is 8.45. The molecule has 0 fully saturated rings. The Hall–Kier alpha value is -3.42.